The van der Waals surface area contributed by atoms with E-state index in [1.807, 2.05) is 6.07 Å². The van der Waals surface area contributed by atoms with Crippen LogP contribution in [-0.2, 0) is 5.41 Å². The van der Waals surface area contributed by atoms with Gasteiger partial charge in [0.15, 0.2) is 11.5 Å². The van der Waals surface area contributed by atoms with Crippen LogP contribution in [0.2, 0.25) is 0 Å². The van der Waals surface area contributed by atoms with Crippen LogP contribution in [0.25, 0.3) is 0 Å². The second kappa shape index (κ2) is 4.85. The lowest BCUT2D eigenvalue weighted by Gasteiger charge is -2.41. The molecule has 0 amide bonds. The van der Waals surface area contributed by atoms with Crippen LogP contribution in [0.4, 0.5) is 0 Å². The Hall–Kier alpha value is -1.30. The van der Waals surface area contributed by atoms with E-state index in [0.717, 1.165) is 18.4 Å². The molecule has 0 radical (unpaired) electrons. The van der Waals surface area contributed by atoms with Crippen molar-refractivity contribution in [3.05, 3.63) is 23.3 Å². The molecule has 120 valence electrons. The van der Waals surface area contributed by atoms with Crippen molar-refractivity contribution in [1.82, 2.24) is 5.32 Å². The minimum atomic E-state index is -0.629. The SMILES string of the molecule is CC1CC23CC(N1)c1ccc(O)c(c12)OC3C(O)CCCO. The van der Waals surface area contributed by atoms with Crippen LogP contribution in [0.15, 0.2) is 12.1 Å². The van der Waals surface area contributed by atoms with Crippen LogP contribution in [0.5, 0.6) is 11.5 Å². The monoisotopic (exact) mass is 305 g/mol. The third-order valence-corrected chi connectivity index (χ3v) is 5.56. The quantitative estimate of drug-likeness (QED) is 0.675. The molecule has 2 bridgehead atoms. The van der Waals surface area contributed by atoms with Gasteiger partial charge in [0.05, 0.1) is 6.10 Å². The standard InChI is InChI=1S/C17H23NO4/c1-9-7-17-8-11(18-9)10-4-5-12(20)15(14(10)17)22-16(17)13(21)3-2-6-19/h4-5,9,11,13,16,18-21H,2-3,6-8H2,1H3. The Morgan fingerprint density at radius 2 is 2.23 bits per heavy atom. The van der Waals surface area contributed by atoms with Gasteiger partial charge in [0.25, 0.3) is 0 Å². The summed E-state index contributed by atoms with van der Waals surface area (Å²) >= 11 is 0. The van der Waals surface area contributed by atoms with E-state index in [1.54, 1.807) is 6.07 Å². The highest BCUT2D eigenvalue weighted by Gasteiger charge is 2.61. The van der Waals surface area contributed by atoms with Gasteiger partial charge in [-0.15, -0.1) is 0 Å². The van der Waals surface area contributed by atoms with E-state index in [2.05, 4.69) is 12.2 Å². The fraction of sp³-hybridized carbons (Fsp3) is 0.647. The minimum absolute atomic E-state index is 0.0702. The smallest absolute Gasteiger partial charge is 0.165 e. The Bertz CT molecular complexity index is 601. The maximum Gasteiger partial charge on any atom is 0.165 e. The van der Waals surface area contributed by atoms with Crippen LogP contribution in [0, 0.1) is 0 Å². The van der Waals surface area contributed by atoms with E-state index < -0.39 is 6.10 Å². The Labute approximate surface area is 129 Å². The summed E-state index contributed by atoms with van der Waals surface area (Å²) < 4.78 is 6.06. The number of aliphatic hydroxyl groups excluding tert-OH is 2. The minimum Gasteiger partial charge on any atom is -0.504 e. The van der Waals surface area contributed by atoms with Crippen LogP contribution >= 0.6 is 0 Å². The molecule has 1 fully saturated rings. The summed E-state index contributed by atoms with van der Waals surface area (Å²) in [6.45, 7) is 2.23. The Morgan fingerprint density at radius 1 is 1.41 bits per heavy atom. The summed E-state index contributed by atoms with van der Waals surface area (Å²) in [4.78, 5) is 0. The van der Waals surface area contributed by atoms with Crippen molar-refractivity contribution in [1.29, 1.82) is 0 Å². The molecule has 4 rings (SSSR count). The van der Waals surface area contributed by atoms with E-state index in [-0.39, 0.29) is 29.9 Å². The molecule has 0 aromatic heterocycles. The molecule has 2 heterocycles. The number of phenols is 1. The van der Waals surface area contributed by atoms with Gasteiger partial charge in [-0.2, -0.15) is 0 Å². The molecular weight excluding hydrogens is 282 g/mol. The molecule has 1 saturated heterocycles. The Balaban J connectivity index is 1.79. The number of aromatic hydroxyl groups is 1. The van der Waals surface area contributed by atoms with Crippen molar-refractivity contribution < 1.29 is 20.1 Å². The van der Waals surface area contributed by atoms with Gasteiger partial charge in [-0.05, 0) is 44.2 Å². The van der Waals surface area contributed by atoms with E-state index in [1.165, 1.54) is 5.56 Å². The fourth-order valence-corrected chi connectivity index (χ4v) is 4.88. The van der Waals surface area contributed by atoms with Gasteiger partial charge < -0.3 is 25.4 Å². The third-order valence-electron chi connectivity index (χ3n) is 5.56. The lowest BCUT2D eigenvalue weighted by molar-refractivity contribution is -0.0174. The summed E-state index contributed by atoms with van der Waals surface area (Å²) in [5, 5.41) is 33.5. The first-order valence-electron chi connectivity index (χ1n) is 8.15. The largest absolute Gasteiger partial charge is 0.504 e. The first-order chi connectivity index (χ1) is 10.6. The summed E-state index contributed by atoms with van der Waals surface area (Å²) in [5.41, 5.74) is 2.09. The van der Waals surface area contributed by atoms with E-state index in [9.17, 15) is 10.2 Å². The molecule has 5 nitrogen and oxygen atoms in total. The Morgan fingerprint density at radius 3 is 3.00 bits per heavy atom. The van der Waals surface area contributed by atoms with E-state index >= 15 is 0 Å². The summed E-state index contributed by atoms with van der Waals surface area (Å²) in [6.07, 6.45) is 1.91. The number of rotatable bonds is 4. The number of phenolic OH excluding ortho intramolecular Hbond substituents is 1. The molecule has 1 spiro atoms. The number of benzene rings is 1. The number of piperidine rings is 1. The predicted molar refractivity (Wildman–Crippen MR) is 81.1 cm³/mol. The van der Waals surface area contributed by atoms with Crippen molar-refractivity contribution in [2.24, 2.45) is 0 Å². The fourth-order valence-electron chi connectivity index (χ4n) is 4.88. The average molecular weight is 305 g/mol. The van der Waals surface area contributed by atoms with Gasteiger partial charge in [-0.1, -0.05) is 6.07 Å². The van der Waals surface area contributed by atoms with Gasteiger partial charge in [0.1, 0.15) is 6.10 Å². The Kier molecular flexibility index (Phi) is 3.15. The highest BCUT2D eigenvalue weighted by molar-refractivity contribution is 5.62. The zero-order valence-electron chi connectivity index (χ0n) is 12.7. The number of hydrogen-bond acceptors (Lipinski definition) is 5. The van der Waals surface area contributed by atoms with Crippen molar-refractivity contribution >= 4 is 0 Å². The van der Waals surface area contributed by atoms with Gasteiger partial charge in [0.2, 0.25) is 0 Å². The zero-order chi connectivity index (χ0) is 15.5. The van der Waals surface area contributed by atoms with Crippen LogP contribution in [-0.4, -0.2) is 40.2 Å². The second-order valence-electron chi connectivity index (χ2n) is 7.03. The number of aliphatic hydroxyl groups is 2. The molecule has 0 saturated carbocycles. The molecule has 4 N–H and O–H groups in total. The number of nitrogens with one attached hydrogen (secondary N) is 1. The van der Waals surface area contributed by atoms with Crippen LogP contribution < -0.4 is 10.1 Å². The maximum absolute atomic E-state index is 10.6. The van der Waals surface area contributed by atoms with Crippen molar-refractivity contribution in [3.8, 4) is 11.5 Å². The van der Waals surface area contributed by atoms with Crippen molar-refractivity contribution in [3.63, 3.8) is 0 Å². The molecule has 22 heavy (non-hydrogen) atoms. The normalized spacial score (nSPS) is 36.0. The van der Waals surface area contributed by atoms with Crippen molar-refractivity contribution in [2.45, 2.75) is 62.3 Å². The van der Waals surface area contributed by atoms with E-state index in [4.69, 9.17) is 9.84 Å². The van der Waals surface area contributed by atoms with Crippen LogP contribution in [0.1, 0.15) is 49.8 Å². The lowest BCUT2D eigenvalue weighted by atomic mass is 9.70. The molecule has 3 aliphatic rings. The second-order valence-corrected chi connectivity index (χ2v) is 7.03. The highest BCUT2D eigenvalue weighted by atomic mass is 16.5. The number of fused-ring (bicyclic) bond motifs is 2. The molecule has 2 aliphatic heterocycles. The lowest BCUT2D eigenvalue weighted by Crippen LogP contribution is -2.52. The molecular formula is C17H23NO4. The molecule has 5 unspecified atom stereocenters. The zero-order valence-corrected chi connectivity index (χ0v) is 12.7. The average Bonchev–Trinajstić information content (AvgIpc) is 2.91. The van der Waals surface area contributed by atoms with Crippen LogP contribution in [0.3, 0.4) is 0 Å². The van der Waals surface area contributed by atoms with Gasteiger partial charge in [-0.25, -0.2) is 0 Å². The van der Waals surface area contributed by atoms with E-state index in [0.29, 0.717) is 24.6 Å². The van der Waals surface area contributed by atoms with Gasteiger partial charge in [-0.3, -0.25) is 0 Å². The number of hydrogen-bond donors (Lipinski definition) is 4. The predicted octanol–water partition coefficient (Wildman–Crippen LogP) is 1.35. The van der Waals surface area contributed by atoms with Gasteiger partial charge >= 0.3 is 0 Å². The molecule has 1 aromatic rings. The summed E-state index contributed by atoms with van der Waals surface area (Å²) in [5.74, 6) is 0.721. The summed E-state index contributed by atoms with van der Waals surface area (Å²) in [6, 6.07) is 4.29. The maximum atomic E-state index is 10.6. The first-order valence-corrected chi connectivity index (χ1v) is 8.15. The third kappa shape index (κ3) is 1.76. The number of ether oxygens (including phenoxy) is 1. The molecule has 1 aromatic carbocycles. The van der Waals surface area contributed by atoms with Crippen molar-refractivity contribution in [2.75, 3.05) is 6.61 Å². The molecule has 1 aliphatic carbocycles. The first kappa shape index (κ1) is 14.3. The topological polar surface area (TPSA) is 82.0 Å². The molecule has 5 heteroatoms. The highest BCUT2D eigenvalue weighted by Crippen LogP contribution is 2.62. The van der Waals surface area contributed by atoms with Gasteiger partial charge in [0, 0.05) is 29.7 Å². The summed E-state index contributed by atoms with van der Waals surface area (Å²) in [7, 11) is 0. The molecule has 5 atom stereocenters.